The molecule has 1 rings (SSSR count). The van der Waals surface area contributed by atoms with Crippen molar-refractivity contribution >= 4 is 0 Å². The number of ether oxygens (including phenoxy) is 2. The zero-order chi connectivity index (χ0) is 8.65. The molecule has 3 nitrogen and oxygen atoms in total. The summed E-state index contributed by atoms with van der Waals surface area (Å²) in [6.07, 6.45) is 2.75. The highest BCUT2D eigenvalue weighted by Crippen LogP contribution is 2.06. The average molecular weight is 173 g/mol. The molecular formula is C9H19NO2. The van der Waals surface area contributed by atoms with E-state index in [4.69, 9.17) is 9.47 Å². The molecule has 0 bridgehead atoms. The predicted octanol–water partition coefficient (Wildman–Crippen LogP) is 0.791. The number of hydrogen-bond donors (Lipinski definition) is 1. The van der Waals surface area contributed by atoms with Crippen molar-refractivity contribution in [1.82, 2.24) is 5.32 Å². The molecule has 3 heteroatoms. The van der Waals surface area contributed by atoms with Crippen LogP contribution in [0.2, 0.25) is 0 Å². The van der Waals surface area contributed by atoms with E-state index in [1.807, 2.05) is 6.92 Å². The lowest BCUT2D eigenvalue weighted by Crippen LogP contribution is -2.33. The van der Waals surface area contributed by atoms with Crippen LogP contribution in [0.5, 0.6) is 0 Å². The summed E-state index contributed by atoms with van der Waals surface area (Å²) in [7, 11) is 0. The zero-order valence-corrected chi connectivity index (χ0v) is 7.84. The summed E-state index contributed by atoms with van der Waals surface area (Å²) in [6, 6.07) is 0. The van der Waals surface area contributed by atoms with Crippen molar-refractivity contribution in [3.05, 3.63) is 0 Å². The summed E-state index contributed by atoms with van der Waals surface area (Å²) < 4.78 is 10.8. The van der Waals surface area contributed by atoms with Gasteiger partial charge < -0.3 is 14.8 Å². The third-order valence-electron chi connectivity index (χ3n) is 2.07. The van der Waals surface area contributed by atoms with Crippen LogP contribution in [0.15, 0.2) is 0 Å². The third-order valence-corrected chi connectivity index (χ3v) is 2.07. The number of nitrogens with one attached hydrogen (secondary N) is 1. The Morgan fingerprint density at radius 1 is 1.25 bits per heavy atom. The Balaban J connectivity index is 1.91. The monoisotopic (exact) mass is 173 g/mol. The van der Waals surface area contributed by atoms with Crippen molar-refractivity contribution in [3.8, 4) is 0 Å². The molecule has 1 aliphatic heterocycles. The van der Waals surface area contributed by atoms with Crippen LogP contribution in [0, 0.1) is 0 Å². The zero-order valence-electron chi connectivity index (χ0n) is 7.84. The predicted molar refractivity (Wildman–Crippen MR) is 48.3 cm³/mol. The highest BCUT2D eigenvalue weighted by atomic mass is 16.5. The molecule has 0 saturated carbocycles. The molecule has 72 valence electrons. The Kier molecular flexibility index (Phi) is 5.32. The van der Waals surface area contributed by atoms with Gasteiger partial charge in [0.15, 0.2) is 0 Å². The normalized spacial score (nSPS) is 19.8. The topological polar surface area (TPSA) is 30.5 Å². The first-order chi connectivity index (χ1) is 5.93. The largest absolute Gasteiger partial charge is 0.379 e. The molecule has 0 aromatic heterocycles. The van der Waals surface area contributed by atoms with Crippen LogP contribution in [-0.4, -0.2) is 39.0 Å². The number of piperidine rings is 1. The summed E-state index contributed by atoms with van der Waals surface area (Å²) in [6.45, 7) is 6.47. The molecule has 0 spiro atoms. The Hall–Kier alpha value is -0.120. The summed E-state index contributed by atoms with van der Waals surface area (Å²) in [5.41, 5.74) is 0. The van der Waals surface area contributed by atoms with Crippen LogP contribution in [0.4, 0.5) is 0 Å². The lowest BCUT2D eigenvalue weighted by molar-refractivity contribution is -0.00486. The highest BCUT2D eigenvalue weighted by molar-refractivity contribution is 4.67. The first-order valence-corrected chi connectivity index (χ1v) is 4.83. The van der Waals surface area contributed by atoms with E-state index in [-0.39, 0.29) is 0 Å². The first-order valence-electron chi connectivity index (χ1n) is 4.83. The Bertz CT molecular complexity index is 103. The molecule has 1 N–H and O–H groups in total. The van der Waals surface area contributed by atoms with Gasteiger partial charge in [-0.1, -0.05) is 0 Å². The SMILES string of the molecule is CCOCCOC1CCNCC1. The molecule has 1 fully saturated rings. The van der Waals surface area contributed by atoms with Gasteiger partial charge in [-0.3, -0.25) is 0 Å². The minimum absolute atomic E-state index is 0.465. The average Bonchev–Trinajstić information content (AvgIpc) is 2.14. The van der Waals surface area contributed by atoms with Gasteiger partial charge >= 0.3 is 0 Å². The van der Waals surface area contributed by atoms with Crippen LogP contribution < -0.4 is 5.32 Å². The van der Waals surface area contributed by atoms with Gasteiger partial charge in [-0.2, -0.15) is 0 Å². The summed E-state index contributed by atoms with van der Waals surface area (Å²) in [5, 5.41) is 3.31. The molecule has 1 saturated heterocycles. The fourth-order valence-corrected chi connectivity index (χ4v) is 1.38. The maximum atomic E-state index is 5.62. The first kappa shape index (κ1) is 9.96. The van der Waals surface area contributed by atoms with E-state index in [1.54, 1.807) is 0 Å². The Morgan fingerprint density at radius 2 is 2.00 bits per heavy atom. The van der Waals surface area contributed by atoms with E-state index in [9.17, 15) is 0 Å². The number of hydrogen-bond acceptors (Lipinski definition) is 3. The minimum atomic E-state index is 0.465. The number of rotatable bonds is 5. The van der Waals surface area contributed by atoms with E-state index < -0.39 is 0 Å². The van der Waals surface area contributed by atoms with Gasteiger partial charge in [0.25, 0.3) is 0 Å². The molecule has 12 heavy (non-hydrogen) atoms. The molecule has 0 aromatic carbocycles. The minimum Gasteiger partial charge on any atom is -0.379 e. The molecule has 1 heterocycles. The molecular weight excluding hydrogens is 154 g/mol. The van der Waals surface area contributed by atoms with Gasteiger partial charge in [-0.05, 0) is 32.9 Å². The van der Waals surface area contributed by atoms with Gasteiger partial charge in [0, 0.05) is 6.61 Å². The van der Waals surface area contributed by atoms with E-state index in [2.05, 4.69) is 5.32 Å². The molecule has 0 aromatic rings. The summed E-state index contributed by atoms with van der Waals surface area (Å²) in [5.74, 6) is 0. The van der Waals surface area contributed by atoms with Crippen molar-refractivity contribution in [2.45, 2.75) is 25.9 Å². The maximum absolute atomic E-state index is 5.62. The summed E-state index contributed by atoms with van der Waals surface area (Å²) >= 11 is 0. The van der Waals surface area contributed by atoms with Crippen molar-refractivity contribution < 1.29 is 9.47 Å². The quantitative estimate of drug-likeness (QED) is 0.624. The van der Waals surface area contributed by atoms with E-state index in [1.165, 1.54) is 0 Å². The molecule has 0 amide bonds. The fraction of sp³-hybridized carbons (Fsp3) is 1.00. The van der Waals surface area contributed by atoms with Crippen molar-refractivity contribution in [2.24, 2.45) is 0 Å². The second-order valence-electron chi connectivity index (χ2n) is 3.02. The summed E-state index contributed by atoms with van der Waals surface area (Å²) in [4.78, 5) is 0. The van der Waals surface area contributed by atoms with Crippen LogP contribution in [-0.2, 0) is 9.47 Å². The Labute approximate surface area is 74.4 Å². The van der Waals surface area contributed by atoms with E-state index >= 15 is 0 Å². The lowest BCUT2D eigenvalue weighted by Gasteiger charge is -2.22. The van der Waals surface area contributed by atoms with Crippen molar-refractivity contribution in [2.75, 3.05) is 32.9 Å². The van der Waals surface area contributed by atoms with Gasteiger partial charge in [-0.25, -0.2) is 0 Å². The molecule has 0 unspecified atom stereocenters. The van der Waals surface area contributed by atoms with Crippen LogP contribution >= 0.6 is 0 Å². The lowest BCUT2D eigenvalue weighted by atomic mass is 10.1. The van der Waals surface area contributed by atoms with Gasteiger partial charge in [0.05, 0.1) is 19.3 Å². The van der Waals surface area contributed by atoms with Crippen LogP contribution in [0.3, 0.4) is 0 Å². The maximum Gasteiger partial charge on any atom is 0.0704 e. The fourth-order valence-electron chi connectivity index (χ4n) is 1.38. The second kappa shape index (κ2) is 6.40. The smallest absolute Gasteiger partial charge is 0.0704 e. The van der Waals surface area contributed by atoms with Crippen LogP contribution in [0.1, 0.15) is 19.8 Å². The highest BCUT2D eigenvalue weighted by Gasteiger charge is 2.12. The Morgan fingerprint density at radius 3 is 2.67 bits per heavy atom. The second-order valence-corrected chi connectivity index (χ2v) is 3.02. The molecule has 0 atom stereocenters. The van der Waals surface area contributed by atoms with E-state index in [0.29, 0.717) is 6.10 Å². The molecule has 1 aliphatic rings. The standard InChI is InChI=1S/C9H19NO2/c1-2-11-7-8-12-9-3-5-10-6-4-9/h9-10H,2-8H2,1H3. The van der Waals surface area contributed by atoms with Gasteiger partial charge in [-0.15, -0.1) is 0 Å². The van der Waals surface area contributed by atoms with Crippen LogP contribution in [0.25, 0.3) is 0 Å². The molecule has 0 radical (unpaired) electrons. The van der Waals surface area contributed by atoms with E-state index in [0.717, 1.165) is 45.8 Å². The molecule has 0 aliphatic carbocycles. The van der Waals surface area contributed by atoms with Gasteiger partial charge in [0.2, 0.25) is 0 Å². The van der Waals surface area contributed by atoms with Crippen molar-refractivity contribution in [3.63, 3.8) is 0 Å². The van der Waals surface area contributed by atoms with Crippen molar-refractivity contribution in [1.29, 1.82) is 0 Å². The van der Waals surface area contributed by atoms with Gasteiger partial charge in [0.1, 0.15) is 0 Å². The third kappa shape index (κ3) is 4.04.